The molecule has 4 aromatic heterocycles. The van der Waals surface area contributed by atoms with Crippen LogP contribution >= 0.6 is 22.9 Å². The molecule has 0 radical (unpaired) electrons. The maximum absolute atomic E-state index is 15.4. The molecule has 19 heteroatoms. The van der Waals surface area contributed by atoms with E-state index in [4.69, 9.17) is 16.3 Å². The summed E-state index contributed by atoms with van der Waals surface area (Å²) in [7, 11) is -3.70. The van der Waals surface area contributed by atoms with Crippen LogP contribution < -0.4 is 9.21 Å². The van der Waals surface area contributed by atoms with Gasteiger partial charge in [-0.15, -0.1) is 11.3 Å². The van der Waals surface area contributed by atoms with Gasteiger partial charge in [-0.25, -0.2) is 19.2 Å². The summed E-state index contributed by atoms with van der Waals surface area (Å²) in [5.41, 5.74) is 2.59. The standard InChI is InChI=1S/C25H14ClF5N6O5S2/c1-36-10-14(8-35-36)15-5-18(13-2-3-32-22(28)4-13)33-9-20(15)41-19-7-17(27)21(6-16(19)26)44(39,40)37(23-11-43-12-34-23)42-24(38)25(29,30)31/h2-12H,1H3. The third kappa shape index (κ3) is 6.31. The second kappa shape index (κ2) is 11.8. The zero-order chi connectivity index (χ0) is 31.8. The molecule has 0 bridgehead atoms. The minimum Gasteiger partial charge on any atom is -0.453 e. The molecule has 0 saturated heterocycles. The van der Waals surface area contributed by atoms with E-state index in [9.17, 15) is 30.8 Å². The van der Waals surface area contributed by atoms with Crippen LogP contribution in [-0.2, 0) is 26.7 Å². The first-order valence-corrected chi connectivity index (χ1v) is 14.5. The maximum Gasteiger partial charge on any atom is 0.493 e. The Morgan fingerprint density at radius 2 is 1.82 bits per heavy atom. The molecule has 0 aliphatic heterocycles. The minimum absolute atomic E-state index is 0.00334. The number of carbonyl (C=O) groups is 1. The summed E-state index contributed by atoms with van der Waals surface area (Å²) < 4.78 is 101. The molecule has 0 spiro atoms. The fourth-order valence-electron chi connectivity index (χ4n) is 3.67. The molecule has 44 heavy (non-hydrogen) atoms. The molecule has 5 aromatic rings. The highest BCUT2D eigenvalue weighted by atomic mass is 35.5. The van der Waals surface area contributed by atoms with Crippen molar-refractivity contribution in [2.75, 3.05) is 4.47 Å². The van der Waals surface area contributed by atoms with Gasteiger partial charge in [0.1, 0.15) is 16.5 Å². The number of alkyl halides is 3. The summed E-state index contributed by atoms with van der Waals surface area (Å²) in [6, 6.07) is 5.34. The molecule has 0 N–H and O–H groups in total. The average molecular weight is 673 g/mol. The van der Waals surface area contributed by atoms with Crippen LogP contribution in [0.15, 0.2) is 70.9 Å². The zero-order valence-corrected chi connectivity index (χ0v) is 24.0. The van der Waals surface area contributed by atoms with E-state index in [0.717, 1.165) is 28.3 Å². The van der Waals surface area contributed by atoms with Gasteiger partial charge in [-0.2, -0.15) is 31.1 Å². The summed E-state index contributed by atoms with van der Waals surface area (Å²) in [4.78, 5) is 25.6. The number of nitrogens with zero attached hydrogens (tertiary/aromatic N) is 6. The maximum atomic E-state index is 15.4. The molecule has 4 heterocycles. The van der Waals surface area contributed by atoms with Gasteiger partial charge < -0.3 is 9.57 Å². The topological polar surface area (TPSA) is 129 Å². The molecule has 0 aliphatic rings. The van der Waals surface area contributed by atoms with Crippen molar-refractivity contribution in [1.29, 1.82) is 0 Å². The predicted octanol–water partition coefficient (Wildman–Crippen LogP) is 5.94. The van der Waals surface area contributed by atoms with Gasteiger partial charge in [0, 0.05) is 53.6 Å². The first-order chi connectivity index (χ1) is 20.7. The number of sulfonamides is 1. The van der Waals surface area contributed by atoms with Crippen LogP contribution in [0.4, 0.5) is 27.8 Å². The second-order valence-electron chi connectivity index (χ2n) is 8.61. The molecule has 0 aliphatic carbocycles. The van der Waals surface area contributed by atoms with Crippen molar-refractivity contribution in [3.05, 3.63) is 82.8 Å². The SMILES string of the molecule is Cn1cc(-c2cc(-c3ccnc(F)c3)ncc2Oc2cc(F)c(S(=O)(=O)N(OC(=O)C(F)(F)F)c3cscn3)cc2Cl)cn1. The molecule has 0 unspecified atom stereocenters. The van der Waals surface area contributed by atoms with E-state index in [1.54, 1.807) is 13.2 Å². The monoisotopic (exact) mass is 672 g/mol. The number of carbonyl (C=O) groups excluding carboxylic acids is 1. The van der Waals surface area contributed by atoms with Gasteiger partial charge in [-0.3, -0.25) is 9.67 Å². The molecular weight excluding hydrogens is 659 g/mol. The van der Waals surface area contributed by atoms with Crippen molar-refractivity contribution >= 4 is 44.7 Å². The number of aryl methyl sites for hydroxylation is 1. The van der Waals surface area contributed by atoms with Crippen molar-refractivity contribution in [2.45, 2.75) is 11.1 Å². The predicted molar refractivity (Wildman–Crippen MR) is 145 cm³/mol. The molecule has 0 saturated carbocycles. The third-order valence-electron chi connectivity index (χ3n) is 5.61. The quantitative estimate of drug-likeness (QED) is 0.112. The lowest BCUT2D eigenvalue weighted by Crippen LogP contribution is -2.39. The van der Waals surface area contributed by atoms with Crippen LogP contribution in [0, 0.1) is 11.8 Å². The van der Waals surface area contributed by atoms with Crippen molar-refractivity contribution in [3.8, 4) is 33.9 Å². The van der Waals surface area contributed by atoms with Crippen LogP contribution in [0.1, 0.15) is 0 Å². The number of anilines is 1. The van der Waals surface area contributed by atoms with Gasteiger partial charge in [0.25, 0.3) is 10.0 Å². The van der Waals surface area contributed by atoms with Crippen LogP contribution in [0.3, 0.4) is 0 Å². The van der Waals surface area contributed by atoms with E-state index in [1.165, 1.54) is 35.4 Å². The van der Waals surface area contributed by atoms with Gasteiger partial charge in [0.2, 0.25) is 5.95 Å². The molecule has 1 aromatic carbocycles. The number of hydrogen-bond donors (Lipinski definition) is 0. The number of hydrogen-bond acceptors (Lipinski definition) is 10. The van der Waals surface area contributed by atoms with Gasteiger partial charge in [-0.05, 0) is 18.2 Å². The third-order valence-corrected chi connectivity index (χ3v) is 8.05. The first kappa shape index (κ1) is 30.8. The Bertz CT molecular complexity index is 1970. The lowest BCUT2D eigenvalue weighted by Gasteiger charge is -2.21. The van der Waals surface area contributed by atoms with Crippen molar-refractivity contribution in [3.63, 3.8) is 0 Å². The van der Waals surface area contributed by atoms with Crippen LogP contribution in [-0.4, -0.2) is 45.3 Å². The molecule has 228 valence electrons. The molecule has 0 atom stereocenters. The molecule has 5 rings (SSSR count). The lowest BCUT2D eigenvalue weighted by atomic mass is 10.1. The summed E-state index contributed by atoms with van der Waals surface area (Å²) in [5.74, 6) is -6.32. The number of halogens is 6. The summed E-state index contributed by atoms with van der Waals surface area (Å²) >= 11 is 7.01. The number of thiazole rings is 1. The highest BCUT2D eigenvalue weighted by Gasteiger charge is 2.45. The number of rotatable bonds is 8. The summed E-state index contributed by atoms with van der Waals surface area (Å²) in [6.07, 6.45) is -0.00884. The minimum atomic E-state index is -5.58. The largest absolute Gasteiger partial charge is 0.493 e. The molecule has 0 fully saturated rings. The molecule has 0 amide bonds. The van der Waals surface area contributed by atoms with Crippen LogP contribution in [0.25, 0.3) is 22.4 Å². The van der Waals surface area contributed by atoms with Gasteiger partial charge in [-0.1, -0.05) is 16.1 Å². The number of aromatic nitrogens is 5. The highest BCUT2D eigenvalue weighted by molar-refractivity contribution is 7.92. The molecule has 11 nitrogen and oxygen atoms in total. The number of ether oxygens (including phenoxy) is 1. The van der Waals surface area contributed by atoms with Crippen molar-refractivity contribution < 1.29 is 44.7 Å². The summed E-state index contributed by atoms with van der Waals surface area (Å²) in [6.45, 7) is 0. The Kier molecular flexibility index (Phi) is 8.23. The normalized spacial score (nSPS) is 11.8. The van der Waals surface area contributed by atoms with Crippen molar-refractivity contribution in [1.82, 2.24) is 24.7 Å². The van der Waals surface area contributed by atoms with Gasteiger partial charge in [0.15, 0.2) is 11.6 Å². The van der Waals surface area contributed by atoms with Gasteiger partial charge in [0.05, 0.1) is 28.6 Å². The van der Waals surface area contributed by atoms with Crippen LogP contribution in [0.2, 0.25) is 5.02 Å². The molecular formula is C25H14ClF5N6O5S2. The zero-order valence-electron chi connectivity index (χ0n) is 21.7. The van der Waals surface area contributed by atoms with Crippen LogP contribution in [0.5, 0.6) is 11.5 Å². The smallest absolute Gasteiger partial charge is 0.453 e. The van der Waals surface area contributed by atoms with E-state index < -0.39 is 59.9 Å². The number of benzene rings is 1. The number of pyridine rings is 2. The fourth-order valence-corrected chi connectivity index (χ4v) is 5.77. The first-order valence-electron chi connectivity index (χ1n) is 11.7. The van der Waals surface area contributed by atoms with E-state index in [0.29, 0.717) is 34.5 Å². The average Bonchev–Trinajstić information content (AvgIpc) is 3.65. The Morgan fingerprint density at radius 3 is 2.45 bits per heavy atom. The van der Waals surface area contributed by atoms with E-state index in [2.05, 4.69) is 24.9 Å². The van der Waals surface area contributed by atoms with E-state index in [1.807, 2.05) is 0 Å². The second-order valence-corrected chi connectivity index (χ2v) is 11.5. The Labute approximate surface area is 253 Å². The Balaban J connectivity index is 1.53. The Morgan fingerprint density at radius 1 is 1.05 bits per heavy atom. The lowest BCUT2D eigenvalue weighted by molar-refractivity contribution is -0.199. The van der Waals surface area contributed by atoms with Crippen molar-refractivity contribution in [2.24, 2.45) is 7.05 Å². The Hall–Kier alpha value is -4.68. The van der Waals surface area contributed by atoms with E-state index in [-0.39, 0.29) is 5.75 Å². The fraction of sp³-hybridized carbons (Fsp3) is 0.0800. The summed E-state index contributed by atoms with van der Waals surface area (Å²) in [5, 5.41) is 4.56. The van der Waals surface area contributed by atoms with Gasteiger partial charge >= 0.3 is 12.1 Å². The van der Waals surface area contributed by atoms with E-state index >= 15 is 4.39 Å². The highest BCUT2D eigenvalue weighted by Crippen LogP contribution is 2.40.